The molecule has 0 spiro atoms. The Labute approximate surface area is 166 Å². The van der Waals surface area contributed by atoms with E-state index >= 15 is 0 Å². The first-order valence-electron chi connectivity index (χ1n) is 8.77. The maximum absolute atomic E-state index is 12.8. The molecule has 2 aromatic rings. The predicted molar refractivity (Wildman–Crippen MR) is 108 cm³/mol. The van der Waals surface area contributed by atoms with Gasteiger partial charge in [-0.25, -0.2) is 9.79 Å². The van der Waals surface area contributed by atoms with Gasteiger partial charge < -0.3 is 4.42 Å². The van der Waals surface area contributed by atoms with Crippen LogP contribution in [0.2, 0.25) is 0 Å². The van der Waals surface area contributed by atoms with Crippen molar-refractivity contribution in [3.05, 3.63) is 59.5 Å². The number of imide groups is 1. The zero-order valence-electron chi connectivity index (χ0n) is 15.7. The molecule has 0 N–H and O–H groups in total. The van der Waals surface area contributed by atoms with E-state index in [0.29, 0.717) is 28.2 Å². The molecule has 1 unspecified atom stereocenters. The number of hydrogen-bond acceptors (Lipinski definition) is 6. The summed E-state index contributed by atoms with van der Waals surface area (Å²) in [7, 11) is 3.09. The molecule has 142 valence electrons. The van der Waals surface area contributed by atoms with Crippen LogP contribution >= 0.6 is 11.8 Å². The van der Waals surface area contributed by atoms with Crippen LogP contribution in [0.4, 0.5) is 4.79 Å². The third-order valence-corrected chi connectivity index (χ3v) is 5.79. The number of hydrogen-bond donors (Lipinski definition) is 0. The van der Waals surface area contributed by atoms with Crippen molar-refractivity contribution in [2.45, 2.75) is 12.7 Å². The number of aryl methyl sites for hydroxylation is 1. The van der Waals surface area contributed by atoms with E-state index < -0.39 is 11.9 Å². The van der Waals surface area contributed by atoms with Gasteiger partial charge in [-0.3, -0.25) is 4.79 Å². The first kappa shape index (κ1) is 18.4. The standard InChI is InChI=1S/C20H19N4O3S/c1-12-6-8-13(9-7-12)11-28-18-15-17(23(2)20(26)24(3)19(15)25)21-16(22-18)14-5-4-10-27-14/h4-10,15H,11H2,1-3H3/q+1. The summed E-state index contributed by atoms with van der Waals surface area (Å²) >= 11 is 1.47. The van der Waals surface area contributed by atoms with Gasteiger partial charge in [0.15, 0.2) is 11.7 Å². The Balaban J connectivity index is 1.73. The molecule has 4 rings (SSSR count). The summed E-state index contributed by atoms with van der Waals surface area (Å²) in [5.74, 6) is 0.868. The van der Waals surface area contributed by atoms with Crippen molar-refractivity contribution in [1.82, 2.24) is 4.90 Å². The number of furan rings is 1. The predicted octanol–water partition coefficient (Wildman–Crippen LogP) is 2.93. The van der Waals surface area contributed by atoms with Crippen molar-refractivity contribution in [3.8, 4) is 0 Å². The lowest BCUT2D eigenvalue weighted by molar-refractivity contribution is -0.407. The van der Waals surface area contributed by atoms with Crippen LogP contribution in [-0.2, 0) is 10.5 Å². The summed E-state index contributed by atoms with van der Waals surface area (Å²) in [4.78, 5) is 35.4. The van der Waals surface area contributed by atoms with E-state index in [1.54, 1.807) is 19.2 Å². The summed E-state index contributed by atoms with van der Waals surface area (Å²) in [6, 6.07) is 11.3. The summed E-state index contributed by atoms with van der Waals surface area (Å²) in [5, 5.41) is 0.605. The number of amides is 3. The average molecular weight is 395 g/mol. The number of benzene rings is 1. The molecule has 0 saturated heterocycles. The minimum Gasteiger partial charge on any atom is -0.459 e. The van der Waals surface area contributed by atoms with Crippen LogP contribution in [0.3, 0.4) is 0 Å². The highest BCUT2D eigenvalue weighted by molar-refractivity contribution is 8.13. The van der Waals surface area contributed by atoms with Gasteiger partial charge in [-0.2, -0.15) is 9.48 Å². The molecule has 2 aliphatic rings. The Morgan fingerprint density at radius 3 is 2.61 bits per heavy atom. The lowest BCUT2D eigenvalue weighted by Gasteiger charge is -2.26. The van der Waals surface area contributed by atoms with Crippen molar-refractivity contribution in [2.24, 2.45) is 15.9 Å². The Kier molecular flexibility index (Phi) is 4.72. The number of carbonyl (C=O) groups excluding carboxylic acids is 2. The van der Waals surface area contributed by atoms with E-state index in [2.05, 4.69) is 34.3 Å². The molecule has 0 fully saturated rings. The molecule has 8 heteroatoms. The fraction of sp³-hybridized carbons (Fsp3) is 0.250. The maximum Gasteiger partial charge on any atom is 0.445 e. The molecule has 0 radical (unpaired) electrons. The van der Waals surface area contributed by atoms with Crippen molar-refractivity contribution < 1.29 is 18.6 Å². The van der Waals surface area contributed by atoms with Crippen LogP contribution in [0.5, 0.6) is 0 Å². The van der Waals surface area contributed by atoms with Gasteiger partial charge in [0.05, 0.1) is 20.4 Å². The van der Waals surface area contributed by atoms with Gasteiger partial charge in [0.1, 0.15) is 5.04 Å². The number of aliphatic imine (C=N–C) groups is 2. The molecular weight excluding hydrogens is 376 g/mol. The summed E-state index contributed by atoms with van der Waals surface area (Å²) < 4.78 is 6.83. The first-order valence-corrected chi connectivity index (χ1v) is 9.76. The molecule has 1 aromatic carbocycles. The van der Waals surface area contributed by atoms with Crippen LogP contribution in [0.25, 0.3) is 0 Å². The van der Waals surface area contributed by atoms with Gasteiger partial charge in [-0.1, -0.05) is 34.8 Å². The van der Waals surface area contributed by atoms with Gasteiger partial charge in [0, 0.05) is 5.75 Å². The molecule has 0 saturated carbocycles. The highest BCUT2D eigenvalue weighted by Gasteiger charge is 2.49. The molecule has 2 aliphatic heterocycles. The van der Waals surface area contributed by atoms with Crippen molar-refractivity contribution in [3.63, 3.8) is 0 Å². The smallest absolute Gasteiger partial charge is 0.445 e. The Hall–Kier alpha value is -3.00. The summed E-state index contributed by atoms with van der Waals surface area (Å²) in [6.07, 6.45) is 1.54. The molecule has 0 bridgehead atoms. The highest BCUT2D eigenvalue weighted by Crippen LogP contribution is 2.28. The van der Waals surface area contributed by atoms with E-state index in [9.17, 15) is 9.59 Å². The number of amidine groups is 2. The van der Waals surface area contributed by atoms with Crippen LogP contribution in [-0.4, -0.2) is 52.2 Å². The molecule has 3 amide bonds. The zero-order chi connectivity index (χ0) is 19.8. The van der Waals surface area contributed by atoms with Crippen molar-refractivity contribution in [2.75, 3.05) is 14.1 Å². The average Bonchev–Trinajstić information content (AvgIpc) is 3.24. The minimum absolute atomic E-state index is 0.324. The SMILES string of the molecule is Cc1ccc(CSC2=NC(c3ccco3)=NC3=[N+](C)C(=O)N(C)C(=O)C23)cc1. The number of nitrogens with zero attached hydrogens (tertiary/aromatic N) is 4. The molecule has 1 aromatic heterocycles. The molecule has 7 nitrogen and oxygen atoms in total. The van der Waals surface area contributed by atoms with Crippen LogP contribution < -0.4 is 0 Å². The first-order chi connectivity index (χ1) is 13.5. The summed E-state index contributed by atoms with van der Waals surface area (Å²) in [5.41, 5.74) is 2.32. The van der Waals surface area contributed by atoms with E-state index in [1.807, 2.05) is 6.92 Å². The minimum atomic E-state index is -0.693. The molecule has 1 atom stereocenters. The second kappa shape index (κ2) is 7.20. The fourth-order valence-electron chi connectivity index (χ4n) is 3.05. The number of urea groups is 1. The highest BCUT2D eigenvalue weighted by atomic mass is 32.2. The van der Waals surface area contributed by atoms with Gasteiger partial charge in [-0.05, 0) is 24.6 Å². The van der Waals surface area contributed by atoms with E-state index in [1.165, 1.54) is 35.2 Å². The van der Waals surface area contributed by atoms with Gasteiger partial charge >= 0.3 is 11.9 Å². The quantitative estimate of drug-likeness (QED) is 0.749. The Bertz CT molecular complexity index is 1040. The van der Waals surface area contributed by atoms with Gasteiger partial charge in [0.2, 0.25) is 0 Å². The fourth-order valence-corrected chi connectivity index (χ4v) is 4.08. The van der Waals surface area contributed by atoms with Crippen LogP contribution in [0.15, 0.2) is 57.1 Å². The van der Waals surface area contributed by atoms with E-state index in [-0.39, 0.29) is 5.91 Å². The Morgan fingerprint density at radius 1 is 1.18 bits per heavy atom. The van der Waals surface area contributed by atoms with Crippen molar-refractivity contribution in [1.29, 1.82) is 0 Å². The lowest BCUT2D eigenvalue weighted by Crippen LogP contribution is -2.54. The van der Waals surface area contributed by atoms with E-state index in [4.69, 9.17) is 4.42 Å². The monoisotopic (exact) mass is 395 g/mol. The Morgan fingerprint density at radius 2 is 1.93 bits per heavy atom. The molecule has 3 heterocycles. The van der Waals surface area contributed by atoms with E-state index in [0.717, 1.165) is 10.5 Å². The normalized spacial score (nSPS) is 19.5. The largest absolute Gasteiger partial charge is 0.459 e. The number of fused-ring (bicyclic) bond motifs is 1. The van der Waals surface area contributed by atoms with Gasteiger partial charge in [-0.15, -0.1) is 11.8 Å². The molecular formula is C20H19N4O3S+. The zero-order valence-corrected chi connectivity index (χ0v) is 16.6. The van der Waals surface area contributed by atoms with Gasteiger partial charge in [0.25, 0.3) is 11.7 Å². The second-order valence-electron chi connectivity index (χ2n) is 6.67. The lowest BCUT2D eigenvalue weighted by atomic mass is 10.0. The number of rotatable bonds is 3. The topological polar surface area (TPSA) is 78.2 Å². The van der Waals surface area contributed by atoms with Crippen molar-refractivity contribution >= 4 is 40.4 Å². The number of thioether (sulfide) groups is 1. The summed E-state index contributed by atoms with van der Waals surface area (Å²) in [6.45, 7) is 2.04. The maximum atomic E-state index is 12.8. The molecule has 0 aliphatic carbocycles. The van der Waals surface area contributed by atoms with Crippen LogP contribution in [0, 0.1) is 12.8 Å². The number of carbonyl (C=O) groups is 2. The third kappa shape index (κ3) is 3.20. The molecule has 28 heavy (non-hydrogen) atoms. The van der Waals surface area contributed by atoms with Crippen LogP contribution in [0.1, 0.15) is 16.9 Å². The second-order valence-corrected chi connectivity index (χ2v) is 7.66. The third-order valence-electron chi connectivity index (χ3n) is 4.69.